The van der Waals surface area contributed by atoms with Gasteiger partial charge in [0.1, 0.15) is 24.2 Å². The fourth-order valence-corrected chi connectivity index (χ4v) is 5.49. The summed E-state index contributed by atoms with van der Waals surface area (Å²) in [5, 5.41) is 3.01. The van der Waals surface area contributed by atoms with Gasteiger partial charge in [-0.1, -0.05) is 44.0 Å². The van der Waals surface area contributed by atoms with Gasteiger partial charge in [-0.25, -0.2) is 13.1 Å². The van der Waals surface area contributed by atoms with E-state index < -0.39 is 40.3 Å². The van der Waals surface area contributed by atoms with Crippen LogP contribution in [0, 0.1) is 11.6 Å². The fourth-order valence-electron chi connectivity index (χ4n) is 4.43. The number of nitrogens with zero attached hydrogens (tertiary/aromatic N) is 3. The van der Waals surface area contributed by atoms with E-state index in [4.69, 9.17) is 0 Å². The van der Waals surface area contributed by atoms with Gasteiger partial charge in [-0.3, -0.25) is 9.59 Å². The Morgan fingerprint density at radius 1 is 1.03 bits per heavy atom. The van der Waals surface area contributed by atoms with E-state index in [-0.39, 0.29) is 30.6 Å². The Morgan fingerprint density at radius 2 is 1.65 bits per heavy atom. The van der Waals surface area contributed by atoms with Crippen LogP contribution in [0.5, 0.6) is 0 Å². The summed E-state index contributed by atoms with van der Waals surface area (Å²) in [6, 6.07) is 9.90. The molecule has 0 spiro atoms. The van der Waals surface area contributed by atoms with Crippen LogP contribution in [0.3, 0.4) is 0 Å². The third-order valence-electron chi connectivity index (χ3n) is 6.49. The minimum atomic E-state index is -4.26. The van der Waals surface area contributed by atoms with Crippen LogP contribution in [0.1, 0.15) is 44.6 Å². The summed E-state index contributed by atoms with van der Waals surface area (Å²) in [6.45, 7) is 0.980. The number of halogens is 2. The molecule has 8 nitrogen and oxygen atoms in total. The topological polar surface area (TPSA) is 90.0 Å². The first-order valence-corrected chi connectivity index (χ1v) is 13.7. The maximum atomic E-state index is 14.7. The van der Waals surface area contributed by atoms with Crippen LogP contribution in [0.2, 0.25) is 0 Å². The van der Waals surface area contributed by atoms with Gasteiger partial charge in [0.05, 0.1) is 5.69 Å². The zero-order valence-corrected chi connectivity index (χ0v) is 22.2. The van der Waals surface area contributed by atoms with Gasteiger partial charge in [-0.15, -0.1) is 0 Å². The highest BCUT2D eigenvalue weighted by Gasteiger charge is 2.35. The first kappa shape index (κ1) is 28.5. The molecule has 202 valence electrons. The highest BCUT2D eigenvalue weighted by molar-refractivity contribution is 7.90. The van der Waals surface area contributed by atoms with Crippen molar-refractivity contribution in [1.82, 2.24) is 14.5 Å². The SMILES string of the molecule is CC[C@@H](C(=O)NC1CCCC1)N(Cc1ccc(F)cc1)C(=O)CN(c1ccccc1F)S(=O)(=O)N(C)C. The number of benzene rings is 2. The summed E-state index contributed by atoms with van der Waals surface area (Å²) in [5.41, 5.74) is 0.282. The molecule has 1 saturated carbocycles. The van der Waals surface area contributed by atoms with E-state index >= 15 is 0 Å². The quantitative estimate of drug-likeness (QED) is 0.477. The third kappa shape index (κ3) is 7.04. The van der Waals surface area contributed by atoms with Crippen LogP contribution in [-0.2, 0) is 26.3 Å². The number of nitrogens with one attached hydrogen (secondary N) is 1. The van der Waals surface area contributed by atoms with Crippen molar-refractivity contribution in [3.8, 4) is 0 Å². The Bertz CT molecular complexity index is 1190. The average Bonchev–Trinajstić information content (AvgIpc) is 3.37. The van der Waals surface area contributed by atoms with Gasteiger partial charge in [-0.2, -0.15) is 12.7 Å². The molecule has 3 rings (SSSR count). The first-order valence-electron chi connectivity index (χ1n) is 12.3. The molecular formula is C26H34F2N4O4S. The Hall–Kier alpha value is -3.05. The van der Waals surface area contributed by atoms with E-state index in [1.165, 1.54) is 61.5 Å². The molecule has 1 atom stereocenters. The summed E-state index contributed by atoms with van der Waals surface area (Å²) < 4.78 is 56.1. The monoisotopic (exact) mass is 536 g/mol. The van der Waals surface area contributed by atoms with Crippen LogP contribution >= 0.6 is 0 Å². The lowest BCUT2D eigenvalue weighted by atomic mass is 10.1. The second-order valence-corrected chi connectivity index (χ2v) is 11.4. The van der Waals surface area contributed by atoms with Crippen molar-refractivity contribution >= 4 is 27.7 Å². The lowest BCUT2D eigenvalue weighted by molar-refractivity contribution is -0.140. The highest BCUT2D eigenvalue weighted by atomic mass is 32.2. The molecule has 0 saturated heterocycles. The predicted molar refractivity (Wildman–Crippen MR) is 138 cm³/mol. The van der Waals surface area contributed by atoms with Gasteiger partial charge in [0.2, 0.25) is 11.8 Å². The molecule has 0 heterocycles. The molecule has 2 aromatic rings. The minimum absolute atomic E-state index is 0.0216. The van der Waals surface area contributed by atoms with Gasteiger partial charge >= 0.3 is 10.2 Å². The maximum absolute atomic E-state index is 14.7. The van der Waals surface area contributed by atoms with Crippen molar-refractivity contribution in [2.24, 2.45) is 0 Å². The Balaban J connectivity index is 1.97. The van der Waals surface area contributed by atoms with Crippen LogP contribution in [-0.4, -0.2) is 62.2 Å². The molecular weight excluding hydrogens is 502 g/mol. The largest absolute Gasteiger partial charge is 0.352 e. The van der Waals surface area contributed by atoms with E-state index in [1.807, 2.05) is 0 Å². The minimum Gasteiger partial charge on any atom is -0.352 e. The number of hydrogen-bond acceptors (Lipinski definition) is 4. The number of carbonyl (C=O) groups excluding carboxylic acids is 2. The molecule has 1 aliphatic rings. The predicted octanol–water partition coefficient (Wildman–Crippen LogP) is 3.44. The molecule has 2 aromatic carbocycles. The van der Waals surface area contributed by atoms with Crippen molar-refractivity contribution in [3.63, 3.8) is 0 Å². The van der Waals surface area contributed by atoms with Gasteiger partial charge in [0.25, 0.3) is 0 Å². The van der Waals surface area contributed by atoms with E-state index in [1.54, 1.807) is 6.92 Å². The molecule has 2 amide bonds. The van der Waals surface area contributed by atoms with Crippen molar-refractivity contribution in [3.05, 3.63) is 65.7 Å². The van der Waals surface area contributed by atoms with Crippen molar-refractivity contribution in [1.29, 1.82) is 0 Å². The summed E-state index contributed by atoms with van der Waals surface area (Å²) in [7, 11) is -1.69. The third-order valence-corrected chi connectivity index (χ3v) is 8.30. The van der Waals surface area contributed by atoms with Crippen LogP contribution < -0.4 is 9.62 Å². The van der Waals surface area contributed by atoms with Crippen molar-refractivity contribution < 1.29 is 26.8 Å². The number of amides is 2. The summed E-state index contributed by atoms with van der Waals surface area (Å²) in [6.07, 6.45) is 4.01. The molecule has 0 aliphatic heterocycles. The van der Waals surface area contributed by atoms with Gasteiger partial charge in [-0.05, 0) is 49.1 Å². The summed E-state index contributed by atoms with van der Waals surface area (Å²) in [4.78, 5) is 28.3. The van der Waals surface area contributed by atoms with E-state index in [0.29, 0.717) is 9.87 Å². The van der Waals surface area contributed by atoms with E-state index in [9.17, 15) is 26.8 Å². The van der Waals surface area contributed by atoms with E-state index in [2.05, 4.69) is 5.32 Å². The number of para-hydroxylation sites is 1. The highest BCUT2D eigenvalue weighted by Crippen LogP contribution is 2.24. The molecule has 1 fully saturated rings. The summed E-state index contributed by atoms with van der Waals surface area (Å²) >= 11 is 0. The summed E-state index contributed by atoms with van der Waals surface area (Å²) in [5.74, 6) is -2.28. The zero-order valence-electron chi connectivity index (χ0n) is 21.4. The fraction of sp³-hybridized carbons (Fsp3) is 0.462. The van der Waals surface area contributed by atoms with E-state index in [0.717, 1.165) is 36.1 Å². The second kappa shape index (κ2) is 12.5. The number of rotatable bonds is 11. The van der Waals surface area contributed by atoms with Crippen LogP contribution in [0.15, 0.2) is 48.5 Å². The van der Waals surface area contributed by atoms with Crippen LogP contribution in [0.4, 0.5) is 14.5 Å². The molecule has 11 heteroatoms. The lowest BCUT2D eigenvalue weighted by Gasteiger charge is -2.34. The van der Waals surface area contributed by atoms with Crippen molar-refractivity contribution in [2.75, 3.05) is 24.9 Å². The van der Waals surface area contributed by atoms with Gasteiger partial charge < -0.3 is 10.2 Å². The zero-order chi connectivity index (χ0) is 27.2. The average molecular weight is 537 g/mol. The van der Waals surface area contributed by atoms with Crippen LogP contribution in [0.25, 0.3) is 0 Å². The van der Waals surface area contributed by atoms with Gasteiger partial charge in [0, 0.05) is 26.7 Å². The smallest absolute Gasteiger partial charge is 0.304 e. The molecule has 1 N–H and O–H groups in total. The molecule has 37 heavy (non-hydrogen) atoms. The van der Waals surface area contributed by atoms with Crippen molar-refractivity contribution in [2.45, 2.75) is 57.7 Å². The molecule has 0 unspecified atom stereocenters. The second-order valence-electron chi connectivity index (χ2n) is 9.31. The Labute approximate surface area is 217 Å². The van der Waals surface area contributed by atoms with Gasteiger partial charge in [0.15, 0.2) is 0 Å². The molecule has 1 aliphatic carbocycles. The molecule has 0 bridgehead atoms. The maximum Gasteiger partial charge on any atom is 0.304 e. The Kier molecular flexibility index (Phi) is 9.61. The standard InChI is InChI=1S/C26H34F2N4O4S/c1-4-23(26(34)29-21-9-5-6-10-21)31(17-19-13-15-20(27)16-14-19)25(33)18-32(37(35,36)30(2)3)24-12-8-7-11-22(24)28/h7-8,11-16,21,23H,4-6,9-10,17-18H2,1-3H3,(H,29,34)/t23-/m0/s1. The molecule has 0 radical (unpaired) electrons. The first-order chi connectivity index (χ1) is 17.5. The normalized spacial score (nSPS) is 15.0. The number of hydrogen-bond donors (Lipinski definition) is 1. The number of carbonyl (C=O) groups is 2. The molecule has 0 aromatic heterocycles. The Morgan fingerprint density at radius 3 is 2.22 bits per heavy atom. The number of anilines is 1. The lowest BCUT2D eigenvalue weighted by Crippen LogP contribution is -2.54.